The van der Waals surface area contributed by atoms with E-state index >= 15 is 0 Å². The predicted octanol–water partition coefficient (Wildman–Crippen LogP) is 2.94. The highest BCUT2D eigenvalue weighted by atomic mass is 16.3. The Bertz CT molecular complexity index is 692. The zero-order valence-corrected chi connectivity index (χ0v) is 14.3. The molecule has 1 aromatic heterocycles. The number of likely N-dealkylation sites (tertiary alicyclic amines) is 1. The van der Waals surface area contributed by atoms with Gasteiger partial charge in [-0.2, -0.15) is 0 Å². The normalized spacial score (nSPS) is 16.3. The molecule has 1 saturated heterocycles. The van der Waals surface area contributed by atoms with Gasteiger partial charge in [0.05, 0.1) is 17.9 Å². The van der Waals surface area contributed by atoms with E-state index in [9.17, 15) is 9.59 Å². The molecular formula is C19H23N3O3. The fraction of sp³-hybridized carbons (Fsp3) is 0.368. The minimum absolute atomic E-state index is 0.0191. The van der Waals surface area contributed by atoms with Gasteiger partial charge in [-0.25, -0.2) is 4.79 Å². The molecule has 2 heterocycles. The van der Waals surface area contributed by atoms with Crippen LogP contribution < -0.4 is 10.6 Å². The van der Waals surface area contributed by atoms with Gasteiger partial charge in [0.2, 0.25) is 0 Å². The van der Waals surface area contributed by atoms with Crippen molar-refractivity contribution in [3.8, 4) is 0 Å². The molecule has 0 saturated carbocycles. The molecule has 1 atom stereocenters. The van der Waals surface area contributed by atoms with E-state index < -0.39 is 0 Å². The van der Waals surface area contributed by atoms with Crippen molar-refractivity contribution < 1.29 is 14.0 Å². The van der Waals surface area contributed by atoms with Gasteiger partial charge in [-0.15, -0.1) is 0 Å². The van der Waals surface area contributed by atoms with Crippen LogP contribution in [0.5, 0.6) is 0 Å². The number of piperidine rings is 1. The Kier molecular flexibility index (Phi) is 5.38. The number of urea groups is 1. The molecule has 6 nitrogen and oxygen atoms in total. The van der Waals surface area contributed by atoms with Crippen LogP contribution >= 0.6 is 0 Å². The Morgan fingerprint density at radius 2 is 1.88 bits per heavy atom. The van der Waals surface area contributed by atoms with Crippen molar-refractivity contribution in [1.82, 2.24) is 15.5 Å². The maximum atomic E-state index is 12.3. The topological polar surface area (TPSA) is 74.6 Å². The molecule has 6 heteroatoms. The summed E-state index contributed by atoms with van der Waals surface area (Å²) in [6.45, 7) is 3.22. The average molecular weight is 341 g/mol. The highest BCUT2D eigenvalue weighted by Crippen LogP contribution is 2.15. The van der Waals surface area contributed by atoms with E-state index in [1.165, 1.54) is 12.5 Å². The van der Waals surface area contributed by atoms with Crippen LogP contribution in [0, 0.1) is 0 Å². The SMILES string of the molecule is CC(NC(=O)NC1CCN(C(=O)c2ccoc2)CC1)c1ccccc1. The molecule has 0 bridgehead atoms. The van der Waals surface area contributed by atoms with Crippen LogP contribution in [0.1, 0.15) is 41.7 Å². The number of nitrogens with one attached hydrogen (secondary N) is 2. The lowest BCUT2D eigenvalue weighted by Crippen LogP contribution is -2.49. The van der Waals surface area contributed by atoms with Crippen LogP contribution in [0.25, 0.3) is 0 Å². The second-order valence-corrected chi connectivity index (χ2v) is 6.33. The third kappa shape index (κ3) is 4.41. The van der Waals surface area contributed by atoms with Crippen LogP contribution in [0.3, 0.4) is 0 Å². The first-order valence-corrected chi connectivity index (χ1v) is 8.57. The van der Waals surface area contributed by atoms with Gasteiger partial charge in [-0.3, -0.25) is 4.79 Å². The lowest BCUT2D eigenvalue weighted by molar-refractivity contribution is 0.0707. The highest BCUT2D eigenvalue weighted by molar-refractivity contribution is 5.93. The van der Waals surface area contributed by atoms with E-state index in [1.807, 2.05) is 37.3 Å². The maximum absolute atomic E-state index is 12.3. The Balaban J connectivity index is 1.44. The number of amides is 3. The molecule has 2 N–H and O–H groups in total. The molecule has 1 aromatic carbocycles. The molecule has 25 heavy (non-hydrogen) atoms. The lowest BCUT2D eigenvalue weighted by Gasteiger charge is -2.32. The van der Waals surface area contributed by atoms with Gasteiger partial charge in [-0.05, 0) is 31.4 Å². The summed E-state index contributed by atoms with van der Waals surface area (Å²) in [6.07, 6.45) is 4.46. The van der Waals surface area contributed by atoms with Gasteiger partial charge in [-0.1, -0.05) is 30.3 Å². The average Bonchev–Trinajstić information content (AvgIpc) is 3.17. The number of benzene rings is 1. The minimum atomic E-state index is -0.170. The quantitative estimate of drug-likeness (QED) is 0.898. The molecule has 3 rings (SSSR count). The van der Waals surface area contributed by atoms with Gasteiger partial charge < -0.3 is 20.0 Å². The third-order valence-corrected chi connectivity index (χ3v) is 4.53. The fourth-order valence-electron chi connectivity index (χ4n) is 3.04. The summed E-state index contributed by atoms with van der Waals surface area (Å²) in [5.74, 6) is -0.0191. The van der Waals surface area contributed by atoms with Gasteiger partial charge in [0, 0.05) is 19.1 Å². The molecule has 1 aliphatic rings. The summed E-state index contributed by atoms with van der Waals surface area (Å²) in [7, 11) is 0. The standard InChI is InChI=1S/C19H23N3O3/c1-14(15-5-3-2-4-6-15)20-19(24)21-17-7-10-22(11-8-17)18(23)16-9-12-25-13-16/h2-6,9,12-14,17H,7-8,10-11H2,1H3,(H2,20,21,24). The van der Waals surface area contributed by atoms with Crippen molar-refractivity contribution in [2.24, 2.45) is 0 Å². The molecule has 0 spiro atoms. The minimum Gasteiger partial charge on any atom is -0.472 e. The van der Waals surface area contributed by atoms with Crippen LogP contribution in [-0.4, -0.2) is 36.0 Å². The molecule has 3 amide bonds. The van der Waals surface area contributed by atoms with Crippen LogP contribution in [0.15, 0.2) is 53.3 Å². The summed E-state index contributed by atoms with van der Waals surface area (Å²) in [5.41, 5.74) is 1.64. The van der Waals surface area contributed by atoms with Crippen molar-refractivity contribution in [3.63, 3.8) is 0 Å². The van der Waals surface area contributed by atoms with E-state index in [0.29, 0.717) is 18.7 Å². The molecule has 0 aliphatic carbocycles. The van der Waals surface area contributed by atoms with E-state index in [2.05, 4.69) is 10.6 Å². The Morgan fingerprint density at radius 1 is 1.16 bits per heavy atom. The zero-order valence-electron chi connectivity index (χ0n) is 14.3. The summed E-state index contributed by atoms with van der Waals surface area (Å²) < 4.78 is 4.96. The second-order valence-electron chi connectivity index (χ2n) is 6.33. The number of rotatable bonds is 4. The molecule has 2 aromatic rings. The van der Waals surface area contributed by atoms with Gasteiger partial charge in [0.15, 0.2) is 0 Å². The van der Waals surface area contributed by atoms with Crippen LogP contribution in [0.2, 0.25) is 0 Å². The van der Waals surface area contributed by atoms with Crippen LogP contribution in [-0.2, 0) is 0 Å². The number of hydrogen-bond acceptors (Lipinski definition) is 3. The highest BCUT2D eigenvalue weighted by Gasteiger charge is 2.25. The van der Waals surface area contributed by atoms with Gasteiger partial charge in [0.1, 0.15) is 6.26 Å². The van der Waals surface area contributed by atoms with E-state index in [0.717, 1.165) is 18.4 Å². The maximum Gasteiger partial charge on any atom is 0.315 e. The predicted molar refractivity (Wildman–Crippen MR) is 94.2 cm³/mol. The van der Waals surface area contributed by atoms with Gasteiger partial charge in [0.25, 0.3) is 5.91 Å². The Hall–Kier alpha value is -2.76. The largest absolute Gasteiger partial charge is 0.472 e. The first kappa shape index (κ1) is 17.1. The van der Waals surface area contributed by atoms with Gasteiger partial charge >= 0.3 is 6.03 Å². The summed E-state index contributed by atoms with van der Waals surface area (Å²) >= 11 is 0. The van der Waals surface area contributed by atoms with E-state index in [4.69, 9.17) is 4.42 Å². The number of carbonyl (C=O) groups is 2. The first-order chi connectivity index (χ1) is 12.1. The lowest BCUT2D eigenvalue weighted by atomic mass is 10.0. The number of nitrogens with zero attached hydrogens (tertiary/aromatic N) is 1. The van der Waals surface area contributed by atoms with Crippen molar-refractivity contribution in [3.05, 3.63) is 60.1 Å². The zero-order chi connectivity index (χ0) is 17.6. The van der Waals surface area contributed by atoms with Crippen molar-refractivity contribution >= 4 is 11.9 Å². The second kappa shape index (κ2) is 7.88. The summed E-state index contributed by atoms with van der Waals surface area (Å²) in [5, 5.41) is 5.96. The van der Waals surface area contributed by atoms with Crippen molar-refractivity contribution in [2.75, 3.05) is 13.1 Å². The molecule has 1 unspecified atom stereocenters. The smallest absolute Gasteiger partial charge is 0.315 e. The summed E-state index contributed by atoms with van der Waals surface area (Å²) in [6, 6.07) is 11.4. The third-order valence-electron chi connectivity index (χ3n) is 4.53. The van der Waals surface area contributed by atoms with E-state index in [1.54, 1.807) is 11.0 Å². The Labute approximate surface area is 147 Å². The number of furan rings is 1. The molecule has 1 fully saturated rings. The number of carbonyl (C=O) groups excluding carboxylic acids is 2. The van der Waals surface area contributed by atoms with Crippen molar-refractivity contribution in [1.29, 1.82) is 0 Å². The molecule has 1 aliphatic heterocycles. The Morgan fingerprint density at radius 3 is 2.52 bits per heavy atom. The van der Waals surface area contributed by atoms with Crippen molar-refractivity contribution in [2.45, 2.75) is 31.8 Å². The molecule has 132 valence electrons. The monoisotopic (exact) mass is 341 g/mol. The first-order valence-electron chi connectivity index (χ1n) is 8.57. The fourth-order valence-corrected chi connectivity index (χ4v) is 3.04. The summed E-state index contributed by atoms with van der Waals surface area (Å²) in [4.78, 5) is 26.2. The van der Waals surface area contributed by atoms with Crippen LogP contribution in [0.4, 0.5) is 4.79 Å². The molecule has 0 radical (unpaired) electrons. The van der Waals surface area contributed by atoms with E-state index in [-0.39, 0.29) is 24.0 Å². The number of hydrogen-bond donors (Lipinski definition) is 2. The molecular weight excluding hydrogens is 318 g/mol.